The fourth-order valence-corrected chi connectivity index (χ4v) is 2.94. The molecular weight excluding hydrogens is 440 g/mol. The predicted molar refractivity (Wildman–Crippen MR) is 102 cm³/mol. The minimum Gasteiger partial charge on any atom is -0.506 e. The molecule has 4 N–H and O–H groups in total. The van der Waals surface area contributed by atoms with Gasteiger partial charge in [-0.05, 0) is 52.7 Å². The van der Waals surface area contributed by atoms with Gasteiger partial charge in [0.15, 0.2) is 0 Å². The number of benzene rings is 2. The first-order valence-electron chi connectivity index (χ1n) is 7.04. The second-order valence-corrected chi connectivity index (χ2v) is 6.44. The van der Waals surface area contributed by atoms with Gasteiger partial charge in [-0.25, -0.2) is 0 Å². The van der Waals surface area contributed by atoms with Crippen molar-refractivity contribution in [3.05, 3.63) is 62.0 Å². The fraction of sp³-hybridized carbons (Fsp3) is 0.176. The molecular formula is C17H18Br2N2O3. The Kier molecular flexibility index (Phi) is 8.67. The number of ether oxygens (including phenoxy) is 1. The van der Waals surface area contributed by atoms with Crippen LogP contribution in [0.1, 0.15) is 28.4 Å². The van der Waals surface area contributed by atoms with Crippen LogP contribution in [0, 0.1) is 5.41 Å². The number of hydrogen-bond acceptors (Lipinski definition) is 4. The Morgan fingerprint density at radius 3 is 2.42 bits per heavy atom. The van der Waals surface area contributed by atoms with Crippen LogP contribution in [-0.2, 0) is 11.3 Å². The van der Waals surface area contributed by atoms with Crippen molar-refractivity contribution in [2.24, 2.45) is 5.73 Å². The number of amides is 1. The summed E-state index contributed by atoms with van der Waals surface area (Å²) in [4.78, 5) is 10.7. The zero-order valence-corrected chi connectivity index (χ0v) is 16.2. The van der Waals surface area contributed by atoms with Gasteiger partial charge in [0.1, 0.15) is 5.75 Å². The number of nitrogens with two attached hydrogens (primary N) is 1. The molecule has 0 aliphatic rings. The Hall–Kier alpha value is -1.70. The summed E-state index contributed by atoms with van der Waals surface area (Å²) in [7, 11) is 0. The van der Waals surface area contributed by atoms with E-state index in [1.54, 1.807) is 24.3 Å². The summed E-state index contributed by atoms with van der Waals surface area (Å²) < 4.78 is 6.63. The van der Waals surface area contributed by atoms with E-state index in [2.05, 4.69) is 31.9 Å². The van der Waals surface area contributed by atoms with Crippen LogP contribution in [0.5, 0.6) is 5.75 Å². The van der Waals surface area contributed by atoms with Gasteiger partial charge in [0.05, 0.1) is 11.1 Å². The predicted octanol–water partition coefficient (Wildman–Crippen LogP) is 4.24. The maximum Gasteiger partial charge on any atom is 0.248 e. The molecule has 5 nitrogen and oxygen atoms in total. The molecule has 24 heavy (non-hydrogen) atoms. The molecule has 0 heterocycles. The van der Waals surface area contributed by atoms with E-state index in [-0.39, 0.29) is 5.75 Å². The van der Waals surface area contributed by atoms with E-state index >= 15 is 0 Å². The number of primary amides is 1. The van der Waals surface area contributed by atoms with Crippen LogP contribution in [0.4, 0.5) is 0 Å². The largest absolute Gasteiger partial charge is 0.506 e. The maximum absolute atomic E-state index is 10.7. The van der Waals surface area contributed by atoms with Crippen LogP contribution in [0.15, 0.2) is 45.3 Å². The van der Waals surface area contributed by atoms with E-state index in [4.69, 9.17) is 15.9 Å². The van der Waals surface area contributed by atoms with Gasteiger partial charge in [0.25, 0.3) is 0 Å². The molecule has 128 valence electrons. The molecule has 0 saturated carbocycles. The van der Waals surface area contributed by atoms with E-state index in [9.17, 15) is 9.90 Å². The van der Waals surface area contributed by atoms with Crippen molar-refractivity contribution in [2.45, 2.75) is 13.5 Å². The highest BCUT2D eigenvalue weighted by Gasteiger charge is 2.03. The highest BCUT2D eigenvalue weighted by molar-refractivity contribution is 9.11. The standard InChI is InChI=1S/C10H13NO2.C7H5Br2NO/c1-2-13-7-8-3-5-9(6-4-8)10(11)12;8-5-1-4(3-10)7(11)6(9)2-5/h3-6H,2,7H2,1H3,(H2,11,12);1-3,10-11H. The van der Waals surface area contributed by atoms with Crippen molar-refractivity contribution in [1.82, 2.24) is 0 Å². The monoisotopic (exact) mass is 456 g/mol. The Morgan fingerprint density at radius 1 is 1.29 bits per heavy atom. The molecule has 2 aromatic rings. The van der Waals surface area contributed by atoms with Crippen molar-refractivity contribution in [3.63, 3.8) is 0 Å². The number of phenols is 1. The average molecular weight is 458 g/mol. The van der Waals surface area contributed by atoms with Gasteiger partial charge in [-0.1, -0.05) is 28.1 Å². The van der Waals surface area contributed by atoms with Crippen molar-refractivity contribution in [3.8, 4) is 5.75 Å². The van der Waals surface area contributed by atoms with Crippen molar-refractivity contribution >= 4 is 44.0 Å². The second-order valence-electron chi connectivity index (χ2n) is 4.67. The minimum absolute atomic E-state index is 0.100. The Morgan fingerprint density at radius 2 is 1.92 bits per heavy atom. The van der Waals surface area contributed by atoms with E-state index in [0.29, 0.717) is 28.8 Å². The van der Waals surface area contributed by atoms with Gasteiger partial charge < -0.3 is 21.0 Å². The lowest BCUT2D eigenvalue weighted by Crippen LogP contribution is -2.10. The maximum atomic E-state index is 10.7. The Bertz CT molecular complexity index is 704. The lowest BCUT2D eigenvalue weighted by Gasteiger charge is -2.01. The number of carbonyl (C=O) groups is 1. The average Bonchev–Trinajstić information content (AvgIpc) is 2.57. The first-order chi connectivity index (χ1) is 11.4. The van der Waals surface area contributed by atoms with Crippen molar-refractivity contribution in [2.75, 3.05) is 6.61 Å². The molecule has 0 atom stereocenters. The smallest absolute Gasteiger partial charge is 0.248 e. The topological polar surface area (TPSA) is 96.4 Å². The van der Waals surface area contributed by atoms with Crippen LogP contribution >= 0.6 is 31.9 Å². The van der Waals surface area contributed by atoms with Gasteiger partial charge in [0.2, 0.25) is 5.91 Å². The number of carbonyl (C=O) groups excluding carboxylic acids is 1. The summed E-state index contributed by atoms with van der Waals surface area (Å²) >= 11 is 6.40. The molecule has 0 unspecified atom stereocenters. The van der Waals surface area contributed by atoms with Crippen LogP contribution in [0.25, 0.3) is 0 Å². The summed E-state index contributed by atoms with van der Waals surface area (Å²) in [6.07, 6.45) is 1.10. The van der Waals surface area contributed by atoms with Crippen molar-refractivity contribution < 1.29 is 14.6 Å². The van der Waals surface area contributed by atoms with E-state index in [1.165, 1.54) is 0 Å². The summed E-state index contributed by atoms with van der Waals surface area (Å²) in [5, 5.41) is 16.3. The number of phenolic OH excluding ortho intramolecular Hbond substituents is 1. The highest BCUT2D eigenvalue weighted by Crippen LogP contribution is 2.30. The number of halogens is 2. The fourth-order valence-electron chi connectivity index (χ4n) is 1.68. The van der Waals surface area contributed by atoms with Gasteiger partial charge in [-0.15, -0.1) is 0 Å². The van der Waals surface area contributed by atoms with Gasteiger partial charge in [0, 0.05) is 28.4 Å². The molecule has 2 rings (SSSR count). The van der Waals surface area contributed by atoms with Crippen LogP contribution in [-0.4, -0.2) is 23.8 Å². The first-order valence-corrected chi connectivity index (χ1v) is 8.62. The second kappa shape index (κ2) is 10.2. The summed E-state index contributed by atoms with van der Waals surface area (Å²) in [6.45, 7) is 3.21. The lowest BCUT2D eigenvalue weighted by atomic mass is 10.1. The van der Waals surface area contributed by atoms with Gasteiger partial charge >= 0.3 is 0 Å². The van der Waals surface area contributed by atoms with Crippen LogP contribution in [0.2, 0.25) is 0 Å². The molecule has 2 aromatic carbocycles. The molecule has 0 fully saturated rings. The van der Waals surface area contributed by atoms with Gasteiger partial charge in [-0.2, -0.15) is 0 Å². The number of hydrogen-bond donors (Lipinski definition) is 3. The minimum atomic E-state index is -0.400. The SMILES string of the molecule is CCOCc1ccc(C(N)=O)cc1.N=Cc1cc(Br)cc(Br)c1O. The van der Waals surface area contributed by atoms with E-state index in [1.807, 2.05) is 19.1 Å². The summed E-state index contributed by atoms with van der Waals surface area (Å²) in [6, 6.07) is 10.5. The van der Waals surface area contributed by atoms with Gasteiger partial charge in [-0.3, -0.25) is 4.79 Å². The molecule has 0 saturated heterocycles. The molecule has 1 amide bonds. The summed E-state index contributed by atoms with van der Waals surface area (Å²) in [5.41, 5.74) is 7.16. The Balaban J connectivity index is 0.000000243. The molecule has 0 aliphatic carbocycles. The zero-order chi connectivity index (χ0) is 18.1. The third-order valence-electron chi connectivity index (χ3n) is 2.92. The lowest BCUT2D eigenvalue weighted by molar-refractivity contribution is 0.1000. The molecule has 0 aliphatic heterocycles. The van der Waals surface area contributed by atoms with Crippen LogP contribution in [0.3, 0.4) is 0 Å². The number of aromatic hydroxyl groups is 1. The third kappa shape index (κ3) is 6.43. The molecule has 0 radical (unpaired) electrons. The Labute approximate surface area is 157 Å². The molecule has 0 spiro atoms. The third-order valence-corrected chi connectivity index (χ3v) is 3.99. The van der Waals surface area contributed by atoms with E-state index < -0.39 is 5.91 Å². The molecule has 0 aromatic heterocycles. The number of rotatable bonds is 5. The zero-order valence-electron chi connectivity index (χ0n) is 13.1. The molecule has 0 bridgehead atoms. The van der Waals surface area contributed by atoms with Crippen LogP contribution < -0.4 is 5.73 Å². The quantitative estimate of drug-likeness (QED) is 0.586. The number of nitrogens with one attached hydrogen (secondary N) is 1. The van der Waals surface area contributed by atoms with E-state index in [0.717, 1.165) is 16.3 Å². The van der Waals surface area contributed by atoms with Crippen molar-refractivity contribution in [1.29, 1.82) is 5.41 Å². The molecule has 7 heteroatoms. The summed E-state index contributed by atoms with van der Waals surface area (Å²) in [5.74, 6) is -0.300. The normalized spacial score (nSPS) is 9.79. The highest BCUT2D eigenvalue weighted by atomic mass is 79.9. The first kappa shape index (κ1) is 20.3.